The van der Waals surface area contributed by atoms with Crippen molar-refractivity contribution >= 4 is 23.5 Å². The van der Waals surface area contributed by atoms with Gasteiger partial charge in [-0.15, -0.1) is 0 Å². The number of aromatic nitrogens is 1. The molecule has 6 nitrogen and oxygen atoms in total. The second-order valence-corrected chi connectivity index (χ2v) is 6.66. The van der Waals surface area contributed by atoms with E-state index < -0.39 is 17.2 Å². The van der Waals surface area contributed by atoms with Gasteiger partial charge in [-0.3, -0.25) is 4.79 Å². The van der Waals surface area contributed by atoms with E-state index in [0.717, 1.165) is 6.07 Å². The maximum Gasteiger partial charge on any atom is 0.441 e. The summed E-state index contributed by atoms with van der Waals surface area (Å²) in [6, 6.07) is 3.87. The lowest BCUT2D eigenvalue weighted by atomic mass is 10.1. The SMILES string of the molecule is COc1cc(-c2onc(N(C)C)c2C(=O)NCCSC(F)(F)F)ccc1F. The summed E-state index contributed by atoms with van der Waals surface area (Å²) in [5.41, 5.74) is -4.00. The zero-order chi connectivity index (χ0) is 20.2. The van der Waals surface area contributed by atoms with Crippen LogP contribution in [0.4, 0.5) is 23.4 Å². The van der Waals surface area contributed by atoms with Crippen LogP contribution >= 0.6 is 11.8 Å². The van der Waals surface area contributed by atoms with Gasteiger partial charge in [-0.2, -0.15) is 13.2 Å². The number of nitrogens with zero attached hydrogens (tertiary/aromatic N) is 2. The van der Waals surface area contributed by atoms with Crippen LogP contribution in [0.15, 0.2) is 22.7 Å². The van der Waals surface area contributed by atoms with E-state index >= 15 is 0 Å². The van der Waals surface area contributed by atoms with Crippen LogP contribution in [-0.2, 0) is 0 Å². The highest BCUT2D eigenvalue weighted by Crippen LogP contribution is 2.33. The van der Waals surface area contributed by atoms with Crippen molar-refractivity contribution in [2.45, 2.75) is 5.51 Å². The van der Waals surface area contributed by atoms with Crippen molar-refractivity contribution in [2.24, 2.45) is 0 Å². The number of alkyl halides is 3. The minimum absolute atomic E-state index is 0.0330. The number of hydrogen-bond donors (Lipinski definition) is 1. The van der Waals surface area contributed by atoms with Gasteiger partial charge in [-0.1, -0.05) is 5.16 Å². The topological polar surface area (TPSA) is 67.6 Å². The molecule has 0 spiro atoms. The molecule has 27 heavy (non-hydrogen) atoms. The quantitative estimate of drug-likeness (QED) is 0.560. The highest BCUT2D eigenvalue weighted by atomic mass is 32.2. The first-order valence-corrected chi connectivity index (χ1v) is 8.62. The van der Waals surface area contributed by atoms with Crippen molar-refractivity contribution in [1.29, 1.82) is 0 Å². The number of halogens is 4. The largest absolute Gasteiger partial charge is 0.494 e. The molecule has 1 amide bonds. The smallest absolute Gasteiger partial charge is 0.441 e. The third-order valence-corrected chi connectivity index (χ3v) is 4.13. The van der Waals surface area contributed by atoms with Crippen molar-refractivity contribution in [3.8, 4) is 17.1 Å². The molecule has 0 bridgehead atoms. The van der Waals surface area contributed by atoms with E-state index in [0.29, 0.717) is 5.56 Å². The Morgan fingerprint density at radius 1 is 1.37 bits per heavy atom. The Hall–Kier alpha value is -2.43. The summed E-state index contributed by atoms with van der Waals surface area (Å²) >= 11 is -0.232. The van der Waals surface area contributed by atoms with Crippen molar-refractivity contribution in [2.75, 3.05) is 38.4 Å². The van der Waals surface area contributed by atoms with Gasteiger partial charge in [0, 0.05) is 32.0 Å². The number of amides is 1. The number of carbonyl (C=O) groups excluding carboxylic acids is 1. The Kier molecular flexibility index (Phi) is 6.58. The molecule has 2 rings (SSSR count). The van der Waals surface area contributed by atoms with Crippen molar-refractivity contribution in [1.82, 2.24) is 10.5 Å². The fourth-order valence-corrected chi connectivity index (χ4v) is 2.64. The predicted octanol–water partition coefficient (Wildman–Crippen LogP) is 3.54. The van der Waals surface area contributed by atoms with Crippen LogP contribution in [0, 0.1) is 5.82 Å². The molecular weight excluding hydrogens is 390 g/mol. The second-order valence-electron chi connectivity index (χ2n) is 5.50. The minimum atomic E-state index is -4.37. The Morgan fingerprint density at radius 3 is 2.67 bits per heavy atom. The van der Waals surface area contributed by atoms with Gasteiger partial charge in [-0.05, 0) is 30.0 Å². The van der Waals surface area contributed by atoms with Gasteiger partial charge in [0.05, 0.1) is 7.11 Å². The lowest BCUT2D eigenvalue weighted by Crippen LogP contribution is -2.28. The lowest BCUT2D eigenvalue weighted by molar-refractivity contribution is -0.0327. The number of carbonyl (C=O) groups is 1. The standard InChI is InChI=1S/C16H17F4N3O3S/c1-23(2)14-12(15(24)21-6-7-27-16(18,19)20)13(26-22-14)9-4-5-10(17)11(8-9)25-3/h4-5,8H,6-7H2,1-3H3,(H,21,24). The molecule has 0 saturated heterocycles. The molecule has 1 aromatic heterocycles. The maximum atomic E-state index is 13.6. The summed E-state index contributed by atoms with van der Waals surface area (Å²) in [7, 11) is 4.55. The van der Waals surface area contributed by atoms with Gasteiger partial charge < -0.3 is 19.5 Å². The zero-order valence-corrected chi connectivity index (χ0v) is 15.5. The Morgan fingerprint density at radius 2 is 2.07 bits per heavy atom. The number of rotatable bonds is 7. The molecule has 2 aromatic rings. The second kappa shape index (κ2) is 8.51. The van der Waals surface area contributed by atoms with E-state index in [9.17, 15) is 22.4 Å². The molecule has 1 N–H and O–H groups in total. The van der Waals surface area contributed by atoms with E-state index in [-0.39, 0.29) is 47.0 Å². The number of methoxy groups -OCH3 is 1. The molecule has 1 heterocycles. The van der Waals surface area contributed by atoms with Crippen LogP contribution < -0.4 is 15.0 Å². The fraction of sp³-hybridized carbons (Fsp3) is 0.375. The van der Waals surface area contributed by atoms with Crippen molar-refractivity contribution in [3.63, 3.8) is 0 Å². The van der Waals surface area contributed by atoms with Crippen molar-refractivity contribution < 1.29 is 31.6 Å². The van der Waals surface area contributed by atoms with Crippen LogP contribution in [0.25, 0.3) is 11.3 Å². The molecule has 0 atom stereocenters. The summed E-state index contributed by atoms with van der Waals surface area (Å²) in [5, 5.41) is 6.24. The predicted molar refractivity (Wildman–Crippen MR) is 93.6 cm³/mol. The molecule has 0 aliphatic carbocycles. The van der Waals surface area contributed by atoms with Gasteiger partial charge >= 0.3 is 5.51 Å². The summed E-state index contributed by atoms with van der Waals surface area (Å²) < 4.78 is 60.4. The third-order valence-electron chi connectivity index (χ3n) is 3.39. The maximum absolute atomic E-state index is 13.6. The first-order valence-electron chi connectivity index (χ1n) is 7.64. The molecule has 11 heteroatoms. The molecule has 0 saturated carbocycles. The normalized spacial score (nSPS) is 11.4. The Balaban J connectivity index is 2.29. The number of anilines is 1. The van der Waals surface area contributed by atoms with Crippen LogP contribution in [0.5, 0.6) is 5.75 Å². The monoisotopic (exact) mass is 407 g/mol. The van der Waals surface area contributed by atoms with E-state index in [1.165, 1.54) is 24.1 Å². The van der Waals surface area contributed by atoms with Gasteiger partial charge in [0.1, 0.15) is 5.56 Å². The first kappa shape index (κ1) is 20.9. The van der Waals surface area contributed by atoms with Gasteiger partial charge in [0.2, 0.25) is 0 Å². The molecule has 0 fully saturated rings. The number of thioether (sulfide) groups is 1. The van der Waals surface area contributed by atoms with Crippen molar-refractivity contribution in [3.05, 3.63) is 29.6 Å². The summed E-state index contributed by atoms with van der Waals surface area (Å²) in [6.45, 7) is -0.201. The first-order chi connectivity index (χ1) is 12.6. The molecule has 1 aromatic carbocycles. The average molecular weight is 407 g/mol. The molecular formula is C16H17F4N3O3S. The summed E-state index contributed by atoms with van der Waals surface area (Å²) in [4.78, 5) is 14.1. The lowest BCUT2D eigenvalue weighted by Gasteiger charge is -2.12. The summed E-state index contributed by atoms with van der Waals surface area (Å²) in [6.07, 6.45) is 0. The van der Waals surface area contributed by atoms with Crippen LogP contribution in [-0.4, -0.2) is 50.1 Å². The minimum Gasteiger partial charge on any atom is -0.494 e. The van der Waals surface area contributed by atoms with Gasteiger partial charge in [0.25, 0.3) is 5.91 Å². The molecule has 0 aliphatic rings. The highest BCUT2D eigenvalue weighted by molar-refractivity contribution is 8.00. The number of nitrogens with one attached hydrogen (secondary N) is 1. The molecule has 0 radical (unpaired) electrons. The summed E-state index contributed by atoms with van der Waals surface area (Å²) in [5.74, 6) is -1.39. The van der Waals surface area contributed by atoms with E-state index in [2.05, 4.69) is 10.5 Å². The fourth-order valence-electron chi connectivity index (χ4n) is 2.21. The van der Waals surface area contributed by atoms with Crippen LogP contribution in [0.3, 0.4) is 0 Å². The molecule has 0 unspecified atom stereocenters. The Labute approximate surface area is 156 Å². The van der Waals surface area contributed by atoms with Gasteiger partial charge in [-0.25, -0.2) is 4.39 Å². The highest BCUT2D eigenvalue weighted by Gasteiger charge is 2.29. The molecule has 0 aliphatic heterocycles. The number of hydrogen-bond acceptors (Lipinski definition) is 6. The van der Waals surface area contributed by atoms with Crippen LogP contribution in [0.2, 0.25) is 0 Å². The Bertz CT molecular complexity index is 809. The van der Waals surface area contributed by atoms with E-state index in [1.54, 1.807) is 14.1 Å². The van der Waals surface area contributed by atoms with Gasteiger partial charge in [0.15, 0.2) is 23.1 Å². The zero-order valence-electron chi connectivity index (χ0n) is 14.7. The van der Waals surface area contributed by atoms with Crippen LogP contribution in [0.1, 0.15) is 10.4 Å². The van der Waals surface area contributed by atoms with E-state index in [4.69, 9.17) is 9.26 Å². The van der Waals surface area contributed by atoms with E-state index in [1.807, 2.05) is 0 Å². The average Bonchev–Trinajstić information content (AvgIpc) is 3.03. The number of benzene rings is 1. The number of ether oxygens (including phenoxy) is 1. The molecule has 148 valence electrons. The third kappa shape index (κ3) is 5.28.